The number of unbranched alkanes of at least 4 members (excludes halogenated alkanes) is 3. The predicted octanol–water partition coefficient (Wildman–Crippen LogP) is 4.52. The Morgan fingerprint density at radius 3 is 2.55 bits per heavy atom. The van der Waals surface area contributed by atoms with Gasteiger partial charge in [0.1, 0.15) is 5.54 Å². The van der Waals surface area contributed by atoms with E-state index in [0.29, 0.717) is 12.0 Å². The van der Waals surface area contributed by atoms with Crippen LogP contribution in [0.2, 0.25) is 0 Å². The van der Waals surface area contributed by atoms with Gasteiger partial charge >= 0.3 is 0 Å². The van der Waals surface area contributed by atoms with E-state index in [2.05, 4.69) is 52.4 Å². The molecule has 1 aromatic rings. The molecule has 3 aliphatic rings. The Balaban J connectivity index is 1.40. The molecule has 1 amide bonds. The van der Waals surface area contributed by atoms with Crippen molar-refractivity contribution in [2.24, 2.45) is 0 Å². The number of carbonyl (C=O) groups excluding carboxylic acids is 1. The van der Waals surface area contributed by atoms with Crippen LogP contribution in [-0.2, 0) is 4.79 Å². The van der Waals surface area contributed by atoms with Gasteiger partial charge in [-0.25, -0.2) is 0 Å². The molecular weight excluding hydrogens is 358 g/mol. The molecular formula is C25H39N3O. The number of carbonyl (C=O) groups is 1. The van der Waals surface area contributed by atoms with Gasteiger partial charge in [0.05, 0.1) is 6.67 Å². The summed E-state index contributed by atoms with van der Waals surface area (Å²) < 4.78 is 0. The number of hydrogen-bond donors (Lipinski definition) is 1. The first-order chi connectivity index (χ1) is 14.2. The van der Waals surface area contributed by atoms with Crippen LogP contribution in [-0.4, -0.2) is 53.6 Å². The fraction of sp³-hybridized carbons (Fsp3) is 0.720. The predicted molar refractivity (Wildman–Crippen MR) is 119 cm³/mol. The highest BCUT2D eigenvalue weighted by Gasteiger charge is 2.50. The second kappa shape index (κ2) is 9.61. The maximum atomic E-state index is 12.8. The SMILES string of the molecule is CCCCCCN1CNC(=O)C12CCN([C@H]1CCCC[C@H]1c1ccccc1)CC2. The van der Waals surface area contributed by atoms with Gasteiger partial charge in [0.25, 0.3) is 0 Å². The van der Waals surface area contributed by atoms with Crippen molar-refractivity contribution in [1.29, 1.82) is 0 Å². The van der Waals surface area contributed by atoms with Crippen molar-refractivity contribution < 1.29 is 4.79 Å². The summed E-state index contributed by atoms with van der Waals surface area (Å²) >= 11 is 0. The molecule has 2 atom stereocenters. The molecule has 4 heteroatoms. The molecule has 0 aromatic heterocycles. The smallest absolute Gasteiger partial charge is 0.241 e. The molecule has 3 fully saturated rings. The molecule has 4 rings (SSSR count). The summed E-state index contributed by atoms with van der Waals surface area (Å²) in [6.07, 6.45) is 12.4. The minimum atomic E-state index is -0.236. The molecule has 4 nitrogen and oxygen atoms in total. The average Bonchev–Trinajstić information content (AvgIpc) is 3.07. The zero-order chi connectivity index (χ0) is 20.1. The lowest BCUT2D eigenvalue weighted by molar-refractivity contribution is -0.129. The zero-order valence-electron chi connectivity index (χ0n) is 18.2. The molecule has 0 radical (unpaired) electrons. The summed E-state index contributed by atoms with van der Waals surface area (Å²) in [6, 6.07) is 11.8. The van der Waals surface area contributed by atoms with Crippen LogP contribution in [0, 0.1) is 0 Å². The Labute approximate surface area is 177 Å². The quantitative estimate of drug-likeness (QED) is 0.687. The third-order valence-corrected chi connectivity index (χ3v) is 7.79. The van der Waals surface area contributed by atoms with E-state index in [-0.39, 0.29) is 11.4 Å². The zero-order valence-corrected chi connectivity index (χ0v) is 18.2. The molecule has 0 unspecified atom stereocenters. The molecule has 2 heterocycles. The summed E-state index contributed by atoms with van der Waals surface area (Å²) in [7, 11) is 0. The van der Waals surface area contributed by atoms with Crippen molar-refractivity contribution in [3.05, 3.63) is 35.9 Å². The molecule has 1 spiro atoms. The summed E-state index contributed by atoms with van der Waals surface area (Å²) in [5, 5.41) is 3.17. The van der Waals surface area contributed by atoms with Crippen molar-refractivity contribution >= 4 is 5.91 Å². The van der Waals surface area contributed by atoms with Crippen molar-refractivity contribution in [3.8, 4) is 0 Å². The van der Waals surface area contributed by atoms with E-state index in [1.807, 2.05) is 0 Å². The monoisotopic (exact) mass is 397 g/mol. The van der Waals surface area contributed by atoms with Crippen LogP contribution < -0.4 is 5.32 Å². The lowest BCUT2D eigenvalue weighted by Gasteiger charge is -2.47. The van der Waals surface area contributed by atoms with Gasteiger partial charge in [-0.15, -0.1) is 0 Å². The number of nitrogens with one attached hydrogen (secondary N) is 1. The second-order valence-corrected chi connectivity index (χ2v) is 9.42. The standard InChI is InChI=1S/C25H39N3O/c1-2-3-4-10-17-28-20-26-24(29)25(28)15-18-27(19-16-25)23-14-9-8-13-22(23)21-11-6-5-7-12-21/h5-7,11-12,22-23H,2-4,8-10,13-20H2,1H3,(H,26,29)/t22-,23-/m0/s1. The molecule has 2 aliphatic heterocycles. The molecule has 160 valence electrons. The van der Waals surface area contributed by atoms with Crippen molar-refractivity contribution in [1.82, 2.24) is 15.1 Å². The van der Waals surface area contributed by atoms with Crippen LogP contribution in [0.5, 0.6) is 0 Å². The van der Waals surface area contributed by atoms with Gasteiger partial charge in [-0.2, -0.15) is 0 Å². The number of piperidine rings is 1. The van der Waals surface area contributed by atoms with E-state index >= 15 is 0 Å². The van der Waals surface area contributed by atoms with Gasteiger partial charge < -0.3 is 5.32 Å². The number of nitrogens with zero attached hydrogens (tertiary/aromatic N) is 2. The van der Waals surface area contributed by atoms with E-state index in [1.165, 1.54) is 56.9 Å². The van der Waals surface area contributed by atoms with Gasteiger partial charge in [0.15, 0.2) is 0 Å². The molecule has 1 aromatic carbocycles. The molecule has 1 aliphatic carbocycles. The molecule has 1 saturated carbocycles. The number of hydrogen-bond acceptors (Lipinski definition) is 3. The first kappa shape index (κ1) is 20.9. The number of amides is 1. The van der Waals surface area contributed by atoms with E-state index in [9.17, 15) is 4.79 Å². The van der Waals surface area contributed by atoms with Crippen molar-refractivity contribution in [2.45, 2.75) is 88.6 Å². The van der Waals surface area contributed by atoms with Crippen LogP contribution in [0.1, 0.15) is 82.6 Å². The minimum absolute atomic E-state index is 0.236. The van der Waals surface area contributed by atoms with E-state index < -0.39 is 0 Å². The Hall–Kier alpha value is -1.39. The summed E-state index contributed by atoms with van der Waals surface area (Å²) in [5.41, 5.74) is 1.27. The third kappa shape index (κ3) is 4.39. The van der Waals surface area contributed by atoms with Crippen LogP contribution in [0.3, 0.4) is 0 Å². The summed E-state index contributed by atoms with van der Waals surface area (Å²) in [4.78, 5) is 18.0. The van der Waals surface area contributed by atoms with E-state index in [1.54, 1.807) is 0 Å². The Morgan fingerprint density at radius 1 is 1.03 bits per heavy atom. The Bertz CT molecular complexity index is 653. The van der Waals surface area contributed by atoms with Gasteiger partial charge in [-0.05, 0) is 43.6 Å². The van der Waals surface area contributed by atoms with Crippen molar-refractivity contribution in [2.75, 3.05) is 26.3 Å². The van der Waals surface area contributed by atoms with E-state index in [4.69, 9.17) is 0 Å². The lowest BCUT2D eigenvalue weighted by Crippen LogP contribution is -2.58. The van der Waals surface area contributed by atoms with Crippen LogP contribution >= 0.6 is 0 Å². The molecule has 0 bridgehead atoms. The van der Waals surface area contributed by atoms with Crippen LogP contribution in [0.4, 0.5) is 0 Å². The van der Waals surface area contributed by atoms with Crippen LogP contribution in [0.15, 0.2) is 30.3 Å². The summed E-state index contributed by atoms with van der Waals surface area (Å²) in [5.74, 6) is 0.942. The van der Waals surface area contributed by atoms with E-state index in [0.717, 1.165) is 39.1 Å². The maximum absolute atomic E-state index is 12.8. The molecule has 2 saturated heterocycles. The number of benzene rings is 1. The minimum Gasteiger partial charge on any atom is -0.342 e. The first-order valence-electron chi connectivity index (χ1n) is 12.1. The van der Waals surface area contributed by atoms with Gasteiger partial charge in [0, 0.05) is 25.7 Å². The van der Waals surface area contributed by atoms with Crippen molar-refractivity contribution in [3.63, 3.8) is 0 Å². The fourth-order valence-electron chi connectivity index (χ4n) is 6.06. The molecule has 1 N–H and O–H groups in total. The largest absolute Gasteiger partial charge is 0.342 e. The first-order valence-corrected chi connectivity index (χ1v) is 12.1. The second-order valence-electron chi connectivity index (χ2n) is 9.42. The molecule has 29 heavy (non-hydrogen) atoms. The van der Waals surface area contributed by atoms with Gasteiger partial charge in [-0.3, -0.25) is 14.6 Å². The van der Waals surface area contributed by atoms with Crippen LogP contribution in [0.25, 0.3) is 0 Å². The van der Waals surface area contributed by atoms with Gasteiger partial charge in [-0.1, -0.05) is 69.4 Å². The highest BCUT2D eigenvalue weighted by molar-refractivity contribution is 5.88. The highest BCUT2D eigenvalue weighted by atomic mass is 16.2. The topological polar surface area (TPSA) is 35.6 Å². The van der Waals surface area contributed by atoms with Gasteiger partial charge in [0.2, 0.25) is 5.91 Å². The number of rotatable bonds is 7. The Morgan fingerprint density at radius 2 is 1.79 bits per heavy atom. The fourth-order valence-corrected chi connectivity index (χ4v) is 6.06. The average molecular weight is 398 g/mol. The highest BCUT2D eigenvalue weighted by Crippen LogP contribution is 2.40. The summed E-state index contributed by atoms with van der Waals surface area (Å²) in [6.45, 7) is 6.20. The lowest BCUT2D eigenvalue weighted by atomic mass is 9.77. The third-order valence-electron chi connectivity index (χ3n) is 7.79. The Kier molecular flexibility index (Phi) is 6.92. The normalized spacial score (nSPS) is 28.0. The number of likely N-dealkylation sites (tertiary alicyclic amines) is 1. The maximum Gasteiger partial charge on any atom is 0.241 e.